The number of fused-ring (bicyclic) bond motifs is 1. The SMILES string of the molecule is [B]c1cnn2c(NCc3cccnc3)cc(C(C)(C)C)cc12. The van der Waals surface area contributed by atoms with Crippen molar-refractivity contribution < 1.29 is 0 Å². The highest BCUT2D eigenvalue weighted by Crippen LogP contribution is 2.26. The molecule has 3 rings (SSSR count). The molecule has 0 fully saturated rings. The Bertz CT molecular complexity index is 788. The minimum atomic E-state index is 0.0448. The topological polar surface area (TPSA) is 42.2 Å². The molecule has 0 spiro atoms. The number of aromatic nitrogens is 3. The lowest BCUT2D eigenvalue weighted by Crippen LogP contribution is -2.15. The van der Waals surface area contributed by atoms with E-state index in [0.29, 0.717) is 12.0 Å². The van der Waals surface area contributed by atoms with Crippen LogP contribution in [-0.4, -0.2) is 22.4 Å². The van der Waals surface area contributed by atoms with Crippen molar-refractivity contribution in [1.82, 2.24) is 14.6 Å². The molecule has 0 aliphatic heterocycles. The van der Waals surface area contributed by atoms with Gasteiger partial charge in [-0.1, -0.05) is 32.3 Å². The number of nitrogens with one attached hydrogen (secondary N) is 1. The Hall–Kier alpha value is -2.30. The van der Waals surface area contributed by atoms with Crippen molar-refractivity contribution in [3.63, 3.8) is 0 Å². The van der Waals surface area contributed by atoms with Gasteiger partial charge in [0.2, 0.25) is 0 Å². The molecule has 110 valence electrons. The molecule has 0 saturated heterocycles. The fourth-order valence-corrected chi connectivity index (χ4v) is 2.36. The molecule has 0 aliphatic rings. The molecule has 1 N–H and O–H groups in total. The number of nitrogens with zero attached hydrogens (tertiary/aromatic N) is 3. The van der Waals surface area contributed by atoms with Crippen molar-refractivity contribution in [3.8, 4) is 0 Å². The van der Waals surface area contributed by atoms with Gasteiger partial charge >= 0.3 is 0 Å². The molecule has 4 nitrogen and oxygen atoms in total. The van der Waals surface area contributed by atoms with Crippen LogP contribution in [0.25, 0.3) is 5.52 Å². The maximum absolute atomic E-state index is 6.04. The highest BCUT2D eigenvalue weighted by Gasteiger charge is 2.17. The Morgan fingerprint density at radius 1 is 1.23 bits per heavy atom. The van der Waals surface area contributed by atoms with Crippen LogP contribution in [0.2, 0.25) is 0 Å². The Kier molecular flexibility index (Phi) is 3.65. The van der Waals surface area contributed by atoms with Gasteiger partial charge in [0, 0.05) is 25.1 Å². The molecule has 0 aliphatic carbocycles. The molecule has 0 bridgehead atoms. The second kappa shape index (κ2) is 5.48. The average Bonchev–Trinajstić information content (AvgIpc) is 2.87. The van der Waals surface area contributed by atoms with Crippen LogP contribution >= 0.6 is 0 Å². The van der Waals surface area contributed by atoms with Crippen molar-refractivity contribution in [3.05, 3.63) is 54.0 Å². The fraction of sp³-hybridized carbons (Fsp3) is 0.294. The van der Waals surface area contributed by atoms with Crippen LogP contribution in [0.1, 0.15) is 31.9 Å². The molecule has 5 heteroatoms. The first-order valence-corrected chi connectivity index (χ1v) is 7.35. The smallest absolute Gasteiger partial charge is 0.128 e. The lowest BCUT2D eigenvalue weighted by Gasteiger charge is -2.21. The molecule has 0 amide bonds. The third-order valence-corrected chi connectivity index (χ3v) is 3.71. The number of hydrogen-bond donors (Lipinski definition) is 1. The summed E-state index contributed by atoms with van der Waals surface area (Å²) < 4.78 is 1.85. The molecular weight excluding hydrogens is 271 g/mol. The second-order valence-electron chi connectivity index (χ2n) is 6.49. The van der Waals surface area contributed by atoms with Gasteiger partial charge in [0.1, 0.15) is 13.7 Å². The summed E-state index contributed by atoms with van der Waals surface area (Å²) in [7, 11) is 6.04. The van der Waals surface area contributed by atoms with Crippen LogP contribution in [0.3, 0.4) is 0 Å². The molecule has 0 saturated carbocycles. The van der Waals surface area contributed by atoms with E-state index in [9.17, 15) is 0 Å². The van der Waals surface area contributed by atoms with E-state index < -0.39 is 0 Å². The number of hydrogen-bond acceptors (Lipinski definition) is 3. The average molecular weight is 290 g/mol. The Labute approximate surface area is 132 Å². The van der Waals surface area contributed by atoms with E-state index in [2.05, 4.69) is 48.3 Å². The van der Waals surface area contributed by atoms with E-state index >= 15 is 0 Å². The van der Waals surface area contributed by atoms with Gasteiger partial charge in [-0.25, -0.2) is 4.52 Å². The van der Waals surface area contributed by atoms with Crippen LogP contribution in [0.4, 0.5) is 5.82 Å². The van der Waals surface area contributed by atoms with Gasteiger partial charge in [-0.15, -0.1) is 0 Å². The minimum Gasteiger partial charge on any atom is -0.366 e. The van der Waals surface area contributed by atoms with Gasteiger partial charge in [0.15, 0.2) is 0 Å². The zero-order chi connectivity index (χ0) is 15.7. The predicted molar refractivity (Wildman–Crippen MR) is 90.8 cm³/mol. The van der Waals surface area contributed by atoms with Crippen molar-refractivity contribution in [1.29, 1.82) is 0 Å². The second-order valence-corrected chi connectivity index (χ2v) is 6.49. The highest BCUT2D eigenvalue weighted by atomic mass is 15.3. The van der Waals surface area contributed by atoms with E-state index in [4.69, 9.17) is 7.85 Å². The lowest BCUT2D eigenvalue weighted by molar-refractivity contribution is 0.589. The third-order valence-electron chi connectivity index (χ3n) is 3.71. The summed E-state index contributed by atoms with van der Waals surface area (Å²) in [5.74, 6) is 0.933. The zero-order valence-corrected chi connectivity index (χ0v) is 13.2. The molecule has 22 heavy (non-hydrogen) atoms. The van der Waals surface area contributed by atoms with Crippen LogP contribution in [0, 0.1) is 0 Å². The molecule has 0 unspecified atom stereocenters. The van der Waals surface area contributed by atoms with Crippen LogP contribution in [-0.2, 0) is 12.0 Å². The Balaban J connectivity index is 2.00. The van der Waals surface area contributed by atoms with Gasteiger partial charge < -0.3 is 5.32 Å². The third kappa shape index (κ3) is 2.84. The molecular formula is C17H19BN4. The molecule has 0 atom stereocenters. The molecule has 3 heterocycles. The summed E-state index contributed by atoms with van der Waals surface area (Å²) in [4.78, 5) is 4.14. The first kappa shape index (κ1) is 14.6. The van der Waals surface area contributed by atoms with Crippen molar-refractivity contribution >= 4 is 24.6 Å². The number of anilines is 1. The number of rotatable bonds is 3. The van der Waals surface area contributed by atoms with E-state index in [-0.39, 0.29) is 5.41 Å². The quantitative estimate of drug-likeness (QED) is 0.753. The zero-order valence-electron chi connectivity index (χ0n) is 13.2. The van der Waals surface area contributed by atoms with Gasteiger partial charge in [-0.2, -0.15) is 5.10 Å². The highest BCUT2D eigenvalue weighted by molar-refractivity contribution is 6.36. The van der Waals surface area contributed by atoms with Crippen molar-refractivity contribution in [2.45, 2.75) is 32.7 Å². The van der Waals surface area contributed by atoms with E-state index in [0.717, 1.165) is 16.9 Å². The maximum atomic E-state index is 6.04. The van der Waals surface area contributed by atoms with Crippen molar-refractivity contribution in [2.75, 3.05) is 5.32 Å². The molecule has 3 aromatic rings. The summed E-state index contributed by atoms with van der Waals surface area (Å²) in [6.45, 7) is 7.26. The Morgan fingerprint density at radius 3 is 2.73 bits per heavy atom. The minimum absolute atomic E-state index is 0.0448. The fourth-order valence-electron chi connectivity index (χ4n) is 2.36. The lowest BCUT2D eigenvalue weighted by atomic mass is 9.86. The maximum Gasteiger partial charge on any atom is 0.128 e. The summed E-state index contributed by atoms with van der Waals surface area (Å²) >= 11 is 0. The molecule has 2 radical (unpaired) electrons. The van der Waals surface area contributed by atoms with E-state index in [1.807, 2.05) is 22.8 Å². The summed E-state index contributed by atoms with van der Waals surface area (Å²) in [6.07, 6.45) is 5.32. The largest absolute Gasteiger partial charge is 0.366 e. The van der Waals surface area contributed by atoms with Crippen LogP contribution in [0.5, 0.6) is 0 Å². The predicted octanol–water partition coefficient (Wildman–Crippen LogP) is 2.43. The van der Waals surface area contributed by atoms with E-state index in [1.165, 1.54) is 5.56 Å². The van der Waals surface area contributed by atoms with Crippen LogP contribution in [0.15, 0.2) is 42.9 Å². The Morgan fingerprint density at radius 2 is 2.05 bits per heavy atom. The van der Waals surface area contributed by atoms with Crippen LogP contribution < -0.4 is 10.8 Å². The van der Waals surface area contributed by atoms with E-state index in [1.54, 1.807) is 12.4 Å². The molecule has 3 aromatic heterocycles. The molecule has 0 aromatic carbocycles. The standard InChI is InChI=1S/C17H19BN4/c1-17(2,3)13-7-15-14(18)11-21-22(15)16(8-13)20-10-12-5-4-6-19-9-12/h4-9,11,20H,10H2,1-3H3. The summed E-state index contributed by atoms with van der Waals surface area (Å²) in [6, 6.07) is 8.22. The first-order valence-electron chi connectivity index (χ1n) is 7.35. The normalized spacial score (nSPS) is 11.8. The summed E-state index contributed by atoms with van der Waals surface area (Å²) in [5.41, 5.74) is 4.01. The van der Waals surface area contributed by atoms with Gasteiger partial charge in [0.25, 0.3) is 0 Å². The monoisotopic (exact) mass is 290 g/mol. The van der Waals surface area contributed by atoms with Gasteiger partial charge in [-0.05, 0) is 34.7 Å². The van der Waals surface area contributed by atoms with Gasteiger partial charge in [-0.3, -0.25) is 4.98 Å². The summed E-state index contributed by atoms with van der Waals surface area (Å²) in [5, 5.41) is 7.80. The van der Waals surface area contributed by atoms with Gasteiger partial charge in [0.05, 0.1) is 5.52 Å². The van der Waals surface area contributed by atoms with Crippen molar-refractivity contribution in [2.24, 2.45) is 0 Å². The number of pyridine rings is 2. The first-order chi connectivity index (χ1) is 10.4.